The van der Waals surface area contributed by atoms with E-state index in [9.17, 15) is 4.79 Å². The predicted molar refractivity (Wildman–Crippen MR) is 62.8 cm³/mol. The highest BCUT2D eigenvalue weighted by atomic mass is 16.5. The summed E-state index contributed by atoms with van der Waals surface area (Å²) >= 11 is 0. The number of hydrogen-bond acceptors (Lipinski definition) is 4. The molecule has 0 aromatic rings. The minimum absolute atomic E-state index is 0.182. The fourth-order valence-corrected chi connectivity index (χ4v) is 1.27. The smallest absolute Gasteiger partial charge is 0.306 e. The molecular weight excluding hydrogens is 204 g/mol. The second-order valence-electron chi connectivity index (χ2n) is 4.51. The summed E-state index contributed by atoms with van der Waals surface area (Å²) in [4.78, 5) is 13.2. The van der Waals surface area contributed by atoms with Gasteiger partial charge >= 0.3 is 5.97 Å². The van der Waals surface area contributed by atoms with E-state index >= 15 is 0 Å². The summed E-state index contributed by atoms with van der Waals surface area (Å²) in [6.45, 7) is 8.34. The Labute approximate surface area is 98.2 Å². The molecule has 0 heterocycles. The van der Waals surface area contributed by atoms with Crippen LogP contribution in [0, 0.1) is 16.7 Å². The monoisotopic (exact) mass is 226 g/mol. The van der Waals surface area contributed by atoms with Gasteiger partial charge < -0.3 is 9.64 Å². The quantitative estimate of drug-likeness (QED) is 0.621. The molecule has 92 valence electrons. The fraction of sp³-hybridized carbons (Fsp3) is 0.833. The van der Waals surface area contributed by atoms with Crippen LogP contribution < -0.4 is 0 Å². The Morgan fingerprint density at radius 1 is 1.44 bits per heavy atom. The van der Waals surface area contributed by atoms with Crippen molar-refractivity contribution in [1.29, 1.82) is 5.26 Å². The third kappa shape index (κ3) is 6.41. The zero-order valence-electron chi connectivity index (χ0n) is 10.7. The SMILES string of the molecule is CCN(CCC(=O)OC)CCC(C)(C)C#N. The van der Waals surface area contributed by atoms with E-state index in [0.717, 1.165) is 19.5 Å². The van der Waals surface area contributed by atoms with Crippen LogP contribution in [0.2, 0.25) is 0 Å². The van der Waals surface area contributed by atoms with E-state index < -0.39 is 0 Å². The lowest BCUT2D eigenvalue weighted by molar-refractivity contribution is -0.140. The lowest BCUT2D eigenvalue weighted by Crippen LogP contribution is -2.30. The molecule has 0 amide bonds. The van der Waals surface area contributed by atoms with E-state index in [2.05, 4.69) is 22.6 Å². The molecule has 0 aliphatic heterocycles. The first-order valence-electron chi connectivity index (χ1n) is 5.65. The van der Waals surface area contributed by atoms with Crippen LogP contribution in [0.25, 0.3) is 0 Å². The summed E-state index contributed by atoms with van der Waals surface area (Å²) < 4.78 is 4.59. The van der Waals surface area contributed by atoms with Crippen molar-refractivity contribution < 1.29 is 9.53 Å². The van der Waals surface area contributed by atoms with Crippen LogP contribution in [0.3, 0.4) is 0 Å². The van der Waals surface area contributed by atoms with Crippen LogP contribution in [0.1, 0.15) is 33.6 Å². The number of hydrogen-bond donors (Lipinski definition) is 0. The average molecular weight is 226 g/mol. The number of methoxy groups -OCH3 is 1. The molecule has 0 spiro atoms. The van der Waals surface area contributed by atoms with Gasteiger partial charge in [0, 0.05) is 6.54 Å². The predicted octanol–water partition coefficient (Wildman–Crippen LogP) is 1.81. The van der Waals surface area contributed by atoms with E-state index in [1.54, 1.807) is 0 Å². The van der Waals surface area contributed by atoms with E-state index in [4.69, 9.17) is 5.26 Å². The molecule has 0 aliphatic rings. The maximum atomic E-state index is 11.0. The normalized spacial score (nSPS) is 11.2. The van der Waals surface area contributed by atoms with E-state index in [1.165, 1.54) is 7.11 Å². The molecule has 0 atom stereocenters. The summed E-state index contributed by atoms with van der Waals surface area (Å²) in [6.07, 6.45) is 1.23. The largest absolute Gasteiger partial charge is 0.469 e. The van der Waals surface area contributed by atoms with Gasteiger partial charge in [-0.2, -0.15) is 5.26 Å². The molecule has 0 aromatic heterocycles. The number of carbonyl (C=O) groups excluding carboxylic acids is 1. The van der Waals surface area contributed by atoms with Gasteiger partial charge in [-0.3, -0.25) is 4.79 Å². The van der Waals surface area contributed by atoms with E-state index in [0.29, 0.717) is 13.0 Å². The first kappa shape index (κ1) is 14.9. The number of ether oxygens (including phenoxy) is 1. The number of carbonyl (C=O) groups is 1. The highest BCUT2D eigenvalue weighted by Crippen LogP contribution is 2.18. The van der Waals surface area contributed by atoms with Gasteiger partial charge in [0.25, 0.3) is 0 Å². The van der Waals surface area contributed by atoms with Gasteiger partial charge in [0.2, 0.25) is 0 Å². The lowest BCUT2D eigenvalue weighted by Gasteiger charge is -2.23. The molecule has 0 saturated carbocycles. The topological polar surface area (TPSA) is 53.3 Å². The standard InChI is InChI=1S/C12H22N2O2/c1-5-14(8-6-11(15)16-4)9-7-12(2,3)10-13/h5-9H2,1-4H3. The van der Waals surface area contributed by atoms with Crippen molar-refractivity contribution in [3.05, 3.63) is 0 Å². The first-order valence-corrected chi connectivity index (χ1v) is 5.65. The third-order valence-corrected chi connectivity index (χ3v) is 2.66. The molecule has 0 radical (unpaired) electrons. The van der Waals surface area contributed by atoms with Crippen molar-refractivity contribution in [2.75, 3.05) is 26.7 Å². The Kier molecular flexibility index (Phi) is 6.75. The van der Waals surface area contributed by atoms with Crippen molar-refractivity contribution in [1.82, 2.24) is 4.90 Å². The van der Waals surface area contributed by atoms with Crippen molar-refractivity contribution >= 4 is 5.97 Å². The van der Waals surface area contributed by atoms with Crippen LogP contribution in [-0.2, 0) is 9.53 Å². The Bertz CT molecular complexity index is 256. The zero-order valence-corrected chi connectivity index (χ0v) is 10.7. The highest BCUT2D eigenvalue weighted by molar-refractivity contribution is 5.69. The van der Waals surface area contributed by atoms with Crippen molar-refractivity contribution in [2.45, 2.75) is 33.6 Å². The molecule has 16 heavy (non-hydrogen) atoms. The third-order valence-electron chi connectivity index (χ3n) is 2.66. The summed E-state index contributed by atoms with van der Waals surface area (Å²) in [5.74, 6) is -0.182. The van der Waals surface area contributed by atoms with Gasteiger partial charge in [0.05, 0.1) is 25.0 Å². The number of esters is 1. The lowest BCUT2D eigenvalue weighted by atomic mass is 9.91. The molecule has 0 fully saturated rings. The summed E-state index contributed by atoms with van der Waals surface area (Å²) in [7, 11) is 1.40. The summed E-state index contributed by atoms with van der Waals surface area (Å²) in [5, 5.41) is 8.89. The minimum atomic E-state index is -0.293. The van der Waals surface area contributed by atoms with Gasteiger partial charge in [-0.25, -0.2) is 0 Å². The van der Waals surface area contributed by atoms with Gasteiger partial charge in [-0.05, 0) is 33.4 Å². The molecule has 0 N–H and O–H groups in total. The van der Waals surface area contributed by atoms with Crippen LogP contribution >= 0.6 is 0 Å². The molecule has 0 bridgehead atoms. The second-order valence-corrected chi connectivity index (χ2v) is 4.51. The van der Waals surface area contributed by atoms with Crippen LogP contribution in [0.15, 0.2) is 0 Å². The Morgan fingerprint density at radius 3 is 2.50 bits per heavy atom. The average Bonchev–Trinajstić information content (AvgIpc) is 2.28. The van der Waals surface area contributed by atoms with Gasteiger partial charge in [0.1, 0.15) is 0 Å². The van der Waals surface area contributed by atoms with E-state index in [-0.39, 0.29) is 11.4 Å². The van der Waals surface area contributed by atoms with Crippen molar-refractivity contribution in [3.63, 3.8) is 0 Å². The van der Waals surface area contributed by atoms with Gasteiger partial charge in [0.15, 0.2) is 0 Å². The highest BCUT2D eigenvalue weighted by Gasteiger charge is 2.18. The van der Waals surface area contributed by atoms with E-state index in [1.807, 2.05) is 13.8 Å². The van der Waals surface area contributed by atoms with Crippen LogP contribution in [0.4, 0.5) is 0 Å². The fourth-order valence-electron chi connectivity index (χ4n) is 1.27. The Morgan fingerprint density at radius 2 is 2.06 bits per heavy atom. The molecule has 0 rings (SSSR count). The zero-order chi connectivity index (χ0) is 12.6. The molecule has 0 aliphatic carbocycles. The van der Waals surface area contributed by atoms with Gasteiger partial charge in [-0.1, -0.05) is 6.92 Å². The van der Waals surface area contributed by atoms with Gasteiger partial charge in [-0.15, -0.1) is 0 Å². The second kappa shape index (κ2) is 7.24. The molecule has 0 saturated heterocycles. The van der Waals surface area contributed by atoms with Crippen LogP contribution in [-0.4, -0.2) is 37.6 Å². The maximum absolute atomic E-state index is 11.0. The van der Waals surface area contributed by atoms with Crippen LogP contribution in [0.5, 0.6) is 0 Å². The molecule has 4 nitrogen and oxygen atoms in total. The number of rotatable bonds is 7. The Balaban J connectivity index is 3.94. The summed E-state index contributed by atoms with van der Waals surface area (Å²) in [6, 6.07) is 2.28. The molecular formula is C12H22N2O2. The minimum Gasteiger partial charge on any atom is -0.469 e. The number of nitrogens with zero attached hydrogens (tertiary/aromatic N) is 2. The first-order chi connectivity index (χ1) is 7.45. The molecule has 4 heteroatoms. The maximum Gasteiger partial charge on any atom is 0.306 e. The Hall–Kier alpha value is -1.08. The van der Waals surface area contributed by atoms with Crippen molar-refractivity contribution in [2.24, 2.45) is 5.41 Å². The summed E-state index contributed by atoms with van der Waals surface area (Å²) in [5.41, 5.74) is -0.293. The molecule has 0 unspecified atom stereocenters. The molecule has 0 aromatic carbocycles. The van der Waals surface area contributed by atoms with Crippen molar-refractivity contribution in [3.8, 4) is 6.07 Å². The number of nitriles is 1.